The lowest BCUT2D eigenvalue weighted by Gasteiger charge is -2.31. The van der Waals surface area contributed by atoms with Crippen LogP contribution < -0.4 is 4.74 Å². The summed E-state index contributed by atoms with van der Waals surface area (Å²) in [4.78, 5) is 6.48. The summed E-state index contributed by atoms with van der Waals surface area (Å²) in [5, 5.41) is 0. The predicted molar refractivity (Wildman–Crippen MR) is 94.1 cm³/mol. The van der Waals surface area contributed by atoms with Gasteiger partial charge in [0.1, 0.15) is 5.75 Å². The number of rotatable bonds is 8. The Balaban J connectivity index is 1.44. The number of hydrogen-bond acceptors (Lipinski definition) is 4. The summed E-state index contributed by atoms with van der Waals surface area (Å²) < 4.78 is 13.4. The highest BCUT2D eigenvalue weighted by Crippen LogP contribution is 2.19. The SMILES string of the molecule is CN(Cc1cccc(OCCCn2ccnc2)c1)C1CCOCC1. The molecule has 5 nitrogen and oxygen atoms in total. The zero-order valence-electron chi connectivity index (χ0n) is 14.4. The van der Waals surface area contributed by atoms with E-state index in [9.17, 15) is 0 Å². The van der Waals surface area contributed by atoms with Gasteiger partial charge in [-0.3, -0.25) is 4.90 Å². The van der Waals surface area contributed by atoms with Crippen molar-refractivity contribution in [2.75, 3.05) is 26.9 Å². The number of hydrogen-bond donors (Lipinski definition) is 0. The number of ether oxygens (including phenoxy) is 2. The van der Waals surface area contributed by atoms with E-state index in [1.54, 1.807) is 6.20 Å². The Bertz CT molecular complexity index is 594. The van der Waals surface area contributed by atoms with Gasteiger partial charge in [-0.05, 0) is 44.0 Å². The van der Waals surface area contributed by atoms with Gasteiger partial charge < -0.3 is 14.0 Å². The van der Waals surface area contributed by atoms with Gasteiger partial charge in [0.15, 0.2) is 0 Å². The molecule has 0 atom stereocenters. The largest absolute Gasteiger partial charge is 0.494 e. The summed E-state index contributed by atoms with van der Waals surface area (Å²) in [6.07, 6.45) is 8.85. The average molecular weight is 329 g/mol. The second-order valence-electron chi connectivity index (χ2n) is 6.41. The van der Waals surface area contributed by atoms with Gasteiger partial charge in [0.25, 0.3) is 0 Å². The fourth-order valence-corrected chi connectivity index (χ4v) is 3.13. The van der Waals surface area contributed by atoms with Crippen molar-refractivity contribution in [2.24, 2.45) is 0 Å². The molecule has 2 heterocycles. The molecule has 0 amide bonds. The molecule has 0 aliphatic carbocycles. The van der Waals surface area contributed by atoms with Crippen LogP contribution >= 0.6 is 0 Å². The lowest BCUT2D eigenvalue weighted by Crippen LogP contribution is -2.36. The maximum absolute atomic E-state index is 5.90. The minimum absolute atomic E-state index is 0.624. The molecule has 130 valence electrons. The smallest absolute Gasteiger partial charge is 0.119 e. The van der Waals surface area contributed by atoms with Crippen LogP contribution in [0.15, 0.2) is 43.0 Å². The number of nitrogens with zero attached hydrogens (tertiary/aromatic N) is 3. The summed E-state index contributed by atoms with van der Waals surface area (Å²) in [7, 11) is 2.20. The first-order chi connectivity index (χ1) is 11.8. The van der Waals surface area contributed by atoms with Crippen molar-refractivity contribution in [1.82, 2.24) is 14.5 Å². The van der Waals surface area contributed by atoms with E-state index in [1.807, 2.05) is 18.6 Å². The van der Waals surface area contributed by atoms with Crippen LogP contribution in [0.1, 0.15) is 24.8 Å². The first-order valence-corrected chi connectivity index (χ1v) is 8.77. The Kier molecular flexibility index (Phi) is 6.26. The molecule has 0 spiro atoms. The fraction of sp³-hybridized carbons (Fsp3) is 0.526. The number of imidazole rings is 1. The molecule has 5 heteroatoms. The zero-order valence-corrected chi connectivity index (χ0v) is 14.4. The molecule has 1 aliphatic heterocycles. The van der Waals surface area contributed by atoms with E-state index < -0.39 is 0 Å². The van der Waals surface area contributed by atoms with Gasteiger partial charge in [-0.25, -0.2) is 4.98 Å². The quantitative estimate of drug-likeness (QED) is 0.698. The Morgan fingerprint density at radius 3 is 3.00 bits per heavy atom. The van der Waals surface area contributed by atoms with E-state index in [4.69, 9.17) is 9.47 Å². The zero-order chi connectivity index (χ0) is 16.6. The second-order valence-corrected chi connectivity index (χ2v) is 6.41. The maximum Gasteiger partial charge on any atom is 0.119 e. The van der Waals surface area contributed by atoms with Crippen molar-refractivity contribution >= 4 is 0 Å². The van der Waals surface area contributed by atoms with E-state index in [0.717, 1.165) is 57.9 Å². The van der Waals surface area contributed by atoms with E-state index in [2.05, 4.69) is 39.7 Å². The Morgan fingerprint density at radius 1 is 1.33 bits per heavy atom. The molecule has 0 saturated carbocycles. The van der Waals surface area contributed by atoms with Gasteiger partial charge in [0.05, 0.1) is 12.9 Å². The molecule has 0 N–H and O–H groups in total. The van der Waals surface area contributed by atoms with Gasteiger partial charge >= 0.3 is 0 Å². The molecule has 3 rings (SSSR count). The van der Waals surface area contributed by atoms with Crippen LogP contribution in [0.3, 0.4) is 0 Å². The van der Waals surface area contributed by atoms with Crippen LogP contribution in [0.2, 0.25) is 0 Å². The highest BCUT2D eigenvalue weighted by atomic mass is 16.5. The van der Waals surface area contributed by atoms with Crippen LogP contribution in [-0.2, 0) is 17.8 Å². The monoisotopic (exact) mass is 329 g/mol. The van der Waals surface area contributed by atoms with E-state index in [0.29, 0.717) is 6.04 Å². The second kappa shape index (κ2) is 8.85. The third kappa shape index (κ3) is 5.08. The van der Waals surface area contributed by atoms with Gasteiger partial charge in [-0.2, -0.15) is 0 Å². The van der Waals surface area contributed by atoms with E-state index >= 15 is 0 Å². The maximum atomic E-state index is 5.90. The summed E-state index contributed by atoms with van der Waals surface area (Å²) in [6, 6.07) is 9.08. The number of benzene rings is 1. The first-order valence-electron chi connectivity index (χ1n) is 8.77. The van der Waals surface area contributed by atoms with Crippen molar-refractivity contribution in [3.05, 3.63) is 48.5 Å². The topological polar surface area (TPSA) is 39.5 Å². The van der Waals surface area contributed by atoms with E-state index in [-0.39, 0.29) is 0 Å². The van der Waals surface area contributed by atoms with Crippen molar-refractivity contribution in [2.45, 2.75) is 38.4 Å². The minimum atomic E-state index is 0.624. The summed E-state index contributed by atoms with van der Waals surface area (Å²) >= 11 is 0. The molecule has 1 fully saturated rings. The van der Waals surface area contributed by atoms with Crippen molar-refractivity contribution in [3.8, 4) is 5.75 Å². The molecule has 24 heavy (non-hydrogen) atoms. The lowest BCUT2D eigenvalue weighted by molar-refractivity contribution is 0.0406. The summed E-state index contributed by atoms with van der Waals surface area (Å²) in [5.41, 5.74) is 1.30. The average Bonchev–Trinajstić information content (AvgIpc) is 3.13. The van der Waals surface area contributed by atoms with Crippen molar-refractivity contribution in [3.63, 3.8) is 0 Å². The highest BCUT2D eigenvalue weighted by Gasteiger charge is 2.18. The van der Waals surface area contributed by atoms with Gasteiger partial charge in [0, 0.05) is 44.7 Å². The lowest BCUT2D eigenvalue weighted by atomic mass is 10.1. The fourth-order valence-electron chi connectivity index (χ4n) is 3.13. The Morgan fingerprint density at radius 2 is 2.21 bits per heavy atom. The predicted octanol–water partition coefficient (Wildman–Crippen LogP) is 2.96. The van der Waals surface area contributed by atoms with Crippen LogP contribution in [0.5, 0.6) is 5.75 Å². The van der Waals surface area contributed by atoms with Gasteiger partial charge in [-0.15, -0.1) is 0 Å². The standard InChI is InChI=1S/C19H27N3O2/c1-21(18-6-12-23-13-7-18)15-17-4-2-5-19(14-17)24-11-3-9-22-10-8-20-16-22/h2,4-5,8,10,14,16,18H,3,6-7,9,11-13,15H2,1H3. The molecule has 1 aromatic carbocycles. The van der Waals surface area contributed by atoms with Crippen LogP contribution in [0.25, 0.3) is 0 Å². The molecular weight excluding hydrogens is 302 g/mol. The third-order valence-corrected chi connectivity index (χ3v) is 4.53. The first kappa shape index (κ1) is 17.0. The molecule has 1 aliphatic rings. The molecule has 0 bridgehead atoms. The summed E-state index contributed by atoms with van der Waals surface area (Å²) in [6.45, 7) is 4.38. The van der Waals surface area contributed by atoms with Crippen LogP contribution in [-0.4, -0.2) is 47.4 Å². The van der Waals surface area contributed by atoms with Gasteiger partial charge in [0.2, 0.25) is 0 Å². The normalized spacial score (nSPS) is 15.8. The highest BCUT2D eigenvalue weighted by molar-refractivity contribution is 5.28. The number of aryl methyl sites for hydroxylation is 1. The minimum Gasteiger partial charge on any atom is -0.494 e. The molecule has 1 aromatic heterocycles. The molecule has 0 radical (unpaired) electrons. The molecular formula is C19H27N3O2. The van der Waals surface area contributed by atoms with Gasteiger partial charge in [-0.1, -0.05) is 12.1 Å². The van der Waals surface area contributed by atoms with Crippen LogP contribution in [0, 0.1) is 0 Å². The molecule has 1 saturated heterocycles. The molecule has 0 unspecified atom stereocenters. The molecule has 2 aromatic rings. The Hall–Kier alpha value is -1.85. The Labute approximate surface area is 144 Å². The third-order valence-electron chi connectivity index (χ3n) is 4.53. The van der Waals surface area contributed by atoms with E-state index in [1.165, 1.54) is 5.56 Å². The van der Waals surface area contributed by atoms with Crippen molar-refractivity contribution in [1.29, 1.82) is 0 Å². The number of aromatic nitrogens is 2. The van der Waals surface area contributed by atoms with Crippen molar-refractivity contribution < 1.29 is 9.47 Å². The summed E-state index contributed by atoms with van der Waals surface area (Å²) in [5.74, 6) is 0.957. The van der Waals surface area contributed by atoms with Crippen LogP contribution in [0.4, 0.5) is 0 Å².